The Morgan fingerprint density at radius 2 is 1.78 bits per heavy atom. The number of amides is 1. The van der Waals surface area contributed by atoms with Gasteiger partial charge in [-0.05, 0) is 48.9 Å². The Kier molecular flexibility index (Phi) is 5.49. The van der Waals surface area contributed by atoms with Gasteiger partial charge in [-0.3, -0.25) is 19.7 Å². The molecular weight excluding hydrogens is 348 g/mol. The molecule has 0 fully saturated rings. The highest BCUT2D eigenvalue weighted by Crippen LogP contribution is 2.28. The second kappa shape index (κ2) is 7.99. The van der Waals surface area contributed by atoms with Crippen LogP contribution < -0.4 is 5.32 Å². The zero-order valence-electron chi connectivity index (χ0n) is 14.7. The smallest absolute Gasteiger partial charge is 0.273 e. The van der Waals surface area contributed by atoms with Gasteiger partial charge >= 0.3 is 0 Å². The molecule has 0 saturated heterocycles. The Morgan fingerprint density at radius 3 is 2.48 bits per heavy atom. The van der Waals surface area contributed by atoms with E-state index in [0.29, 0.717) is 5.56 Å². The number of benzene rings is 2. The van der Waals surface area contributed by atoms with Crippen LogP contribution in [0.3, 0.4) is 0 Å². The van der Waals surface area contributed by atoms with Gasteiger partial charge < -0.3 is 10.4 Å². The molecule has 0 heterocycles. The van der Waals surface area contributed by atoms with E-state index >= 15 is 0 Å². The van der Waals surface area contributed by atoms with Crippen LogP contribution in [-0.2, 0) is 17.6 Å². The van der Waals surface area contributed by atoms with E-state index in [1.165, 1.54) is 29.7 Å². The summed E-state index contributed by atoms with van der Waals surface area (Å²) < 4.78 is 0. The molecule has 1 aliphatic rings. The largest absolute Gasteiger partial charge is 0.506 e. The van der Waals surface area contributed by atoms with Crippen molar-refractivity contribution in [1.29, 1.82) is 0 Å². The molecule has 7 heteroatoms. The Labute approximate surface area is 156 Å². The van der Waals surface area contributed by atoms with Crippen LogP contribution in [0.2, 0.25) is 0 Å². The second-order valence-corrected chi connectivity index (χ2v) is 6.62. The van der Waals surface area contributed by atoms with Crippen molar-refractivity contribution in [1.82, 2.24) is 0 Å². The SMILES string of the molecule is O=C(CCC(=O)c1ccc2c(c1)CCCC2)Nc1ccc([N+](=O)[O-])cc1O. The first-order chi connectivity index (χ1) is 12.9. The topological polar surface area (TPSA) is 110 Å². The number of ketones is 1. The number of rotatable bonds is 6. The number of aromatic hydroxyl groups is 1. The fourth-order valence-electron chi connectivity index (χ4n) is 3.23. The third-order valence-corrected chi connectivity index (χ3v) is 4.72. The van der Waals surface area contributed by atoms with Crippen LogP contribution in [0, 0.1) is 10.1 Å². The number of phenolic OH excluding ortho intramolecular Hbond substituents is 1. The average Bonchev–Trinajstić information content (AvgIpc) is 2.67. The highest BCUT2D eigenvalue weighted by Gasteiger charge is 2.16. The molecule has 0 bridgehead atoms. The van der Waals surface area contributed by atoms with Crippen LogP contribution in [0.15, 0.2) is 36.4 Å². The van der Waals surface area contributed by atoms with Gasteiger partial charge in [0.05, 0.1) is 16.7 Å². The summed E-state index contributed by atoms with van der Waals surface area (Å²) in [6, 6.07) is 9.15. The lowest BCUT2D eigenvalue weighted by atomic mass is 9.89. The summed E-state index contributed by atoms with van der Waals surface area (Å²) >= 11 is 0. The maximum Gasteiger partial charge on any atom is 0.273 e. The predicted octanol–water partition coefficient (Wildman–Crippen LogP) is 3.78. The molecule has 1 amide bonds. The van der Waals surface area contributed by atoms with Crippen molar-refractivity contribution < 1.29 is 19.6 Å². The zero-order valence-corrected chi connectivity index (χ0v) is 14.7. The van der Waals surface area contributed by atoms with Crippen molar-refractivity contribution in [3.05, 3.63) is 63.2 Å². The number of non-ortho nitro benzene ring substituents is 1. The quantitative estimate of drug-likeness (QED) is 0.349. The number of nitrogens with zero attached hydrogens (tertiary/aromatic N) is 1. The lowest BCUT2D eigenvalue weighted by molar-refractivity contribution is -0.384. The molecule has 7 nitrogen and oxygen atoms in total. The van der Waals surface area contributed by atoms with E-state index < -0.39 is 16.6 Å². The van der Waals surface area contributed by atoms with Crippen molar-refractivity contribution in [3.8, 4) is 5.75 Å². The summed E-state index contributed by atoms with van der Waals surface area (Å²) in [6.45, 7) is 0. The van der Waals surface area contributed by atoms with Gasteiger partial charge in [0.15, 0.2) is 5.78 Å². The molecule has 0 unspecified atom stereocenters. The maximum absolute atomic E-state index is 12.4. The van der Waals surface area contributed by atoms with Crippen LogP contribution in [0.1, 0.15) is 47.2 Å². The number of anilines is 1. The minimum absolute atomic E-state index is 0.0354. The first-order valence-corrected chi connectivity index (χ1v) is 8.86. The number of nitro benzene ring substituents is 1. The summed E-state index contributed by atoms with van der Waals surface area (Å²) in [6.07, 6.45) is 4.35. The number of nitrogens with one attached hydrogen (secondary N) is 1. The summed E-state index contributed by atoms with van der Waals surface area (Å²) in [5, 5.41) is 22.9. The Balaban J connectivity index is 1.57. The molecule has 2 N–H and O–H groups in total. The Hall–Kier alpha value is -3.22. The normalized spacial score (nSPS) is 12.9. The summed E-state index contributed by atoms with van der Waals surface area (Å²) in [4.78, 5) is 34.4. The number of nitro groups is 1. The number of aryl methyl sites for hydroxylation is 2. The van der Waals surface area contributed by atoms with Gasteiger partial charge in [-0.15, -0.1) is 0 Å². The van der Waals surface area contributed by atoms with E-state index in [9.17, 15) is 24.8 Å². The van der Waals surface area contributed by atoms with Crippen molar-refractivity contribution in [2.24, 2.45) is 0 Å². The molecule has 0 aliphatic heterocycles. The number of Topliss-reactive ketones (excluding diaryl/α,β-unsaturated/α-hetero) is 1. The fraction of sp³-hybridized carbons (Fsp3) is 0.300. The number of carbonyl (C=O) groups is 2. The van der Waals surface area contributed by atoms with Gasteiger partial charge in [0, 0.05) is 24.5 Å². The van der Waals surface area contributed by atoms with Crippen LogP contribution in [0.5, 0.6) is 5.75 Å². The minimum atomic E-state index is -0.636. The van der Waals surface area contributed by atoms with Crippen LogP contribution >= 0.6 is 0 Å². The van der Waals surface area contributed by atoms with Crippen molar-refractivity contribution in [2.45, 2.75) is 38.5 Å². The molecule has 0 atom stereocenters. The van der Waals surface area contributed by atoms with E-state index in [1.807, 2.05) is 18.2 Å². The van der Waals surface area contributed by atoms with Gasteiger partial charge in [-0.1, -0.05) is 12.1 Å². The third kappa shape index (κ3) is 4.49. The van der Waals surface area contributed by atoms with E-state index in [2.05, 4.69) is 5.32 Å². The molecule has 0 saturated carbocycles. The van der Waals surface area contributed by atoms with Crippen LogP contribution in [0.25, 0.3) is 0 Å². The van der Waals surface area contributed by atoms with Gasteiger partial charge in [-0.25, -0.2) is 0 Å². The Morgan fingerprint density at radius 1 is 1.04 bits per heavy atom. The van der Waals surface area contributed by atoms with Gasteiger partial charge in [0.1, 0.15) is 5.75 Å². The third-order valence-electron chi connectivity index (χ3n) is 4.72. The van der Waals surface area contributed by atoms with Gasteiger partial charge in [-0.2, -0.15) is 0 Å². The number of hydrogen-bond donors (Lipinski definition) is 2. The zero-order chi connectivity index (χ0) is 19.4. The second-order valence-electron chi connectivity index (χ2n) is 6.62. The molecule has 2 aromatic carbocycles. The standard InChI is InChI=1S/C20H20N2O5/c23-18(15-6-5-13-3-1-2-4-14(13)11-15)9-10-20(25)21-17-8-7-16(22(26)27)12-19(17)24/h5-8,11-12,24H,1-4,9-10H2,(H,21,25). The molecule has 0 aromatic heterocycles. The monoisotopic (exact) mass is 368 g/mol. The summed E-state index contributed by atoms with van der Waals surface area (Å²) in [5.41, 5.74) is 2.93. The molecule has 3 rings (SSSR count). The molecule has 0 spiro atoms. The fourth-order valence-corrected chi connectivity index (χ4v) is 3.23. The van der Waals surface area contributed by atoms with E-state index in [1.54, 1.807) is 0 Å². The van der Waals surface area contributed by atoms with Crippen molar-refractivity contribution in [3.63, 3.8) is 0 Å². The minimum Gasteiger partial charge on any atom is -0.506 e. The molecule has 0 radical (unpaired) electrons. The van der Waals surface area contributed by atoms with Crippen molar-refractivity contribution in [2.75, 3.05) is 5.32 Å². The first-order valence-electron chi connectivity index (χ1n) is 8.86. The van der Waals surface area contributed by atoms with Crippen LogP contribution in [0.4, 0.5) is 11.4 Å². The predicted molar refractivity (Wildman–Crippen MR) is 100 cm³/mol. The summed E-state index contributed by atoms with van der Waals surface area (Å²) in [7, 11) is 0. The lowest BCUT2D eigenvalue weighted by Gasteiger charge is -2.16. The van der Waals surface area contributed by atoms with E-state index in [0.717, 1.165) is 25.3 Å². The Bertz CT molecular complexity index is 907. The maximum atomic E-state index is 12.4. The lowest BCUT2D eigenvalue weighted by Crippen LogP contribution is -2.14. The first kappa shape index (κ1) is 18.6. The number of hydrogen-bond acceptors (Lipinski definition) is 5. The molecule has 140 valence electrons. The van der Waals surface area contributed by atoms with Gasteiger partial charge in [0.25, 0.3) is 5.69 Å². The average molecular weight is 368 g/mol. The van der Waals surface area contributed by atoms with Crippen LogP contribution in [-0.4, -0.2) is 21.7 Å². The molecule has 1 aliphatic carbocycles. The number of carbonyl (C=O) groups excluding carboxylic acids is 2. The van der Waals surface area contributed by atoms with E-state index in [-0.39, 0.29) is 30.0 Å². The van der Waals surface area contributed by atoms with E-state index in [4.69, 9.17) is 0 Å². The summed E-state index contributed by atoms with van der Waals surface area (Å²) in [5.74, 6) is -0.935. The molecule has 27 heavy (non-hydrogen) atoms. The van der Waals surface area contributed by atoms with Crippen molar-refractivity contribution >= 4 is 23.1 Å². The molecular formula is C20H20N2O5. The number of phenols is 1. The number of fused-ring (bicyclic) bond motifs is 1. The van der Waals surface area contributed by atoms with Gasteiger partial charge in [0.2, 0.25) is 5.91 Å². The molecule has 2 aromatic rings. The highest BCUT2D eigenvalue weighted by molar-refractivity contribution is 6.00. The highest BCUT2D eigenvalue weighted by atomic mass is 16.6.